The molecule has 0 amide bonds. The Morgan fingerprint density at radius 3 is 2.80 bits per heavy atom. The van der Waals surface area contributed by atoms with Gasteiger partial charge in [-0.2, -0.15) is 0 Å². The number of phenolic OH excluding ortho intramolecular Hbond substituents is 1. The average Bonchev–Trinajstić information content (AvgIpc) is 1.88. The highest BCUT2D eigenvalue weighted by Crippen LogP contribution is 2.20. The highest BCUT2D eigenvalue weighted by Gasteiger charge is 1.96. The van der Waals surface area contributed by atoms with Crippen molar-refractivity contribution in [2.75, 3.05) is 7.11 Å². The van der Waals surface area contributed by atoms with Crippen molar-refractivity contribution in [3.63, 3.8) is 0 Å². The molecule has 10 heavy (non-hydrogen) atoms. The lowest BCUT2D eigenvalue weighted by atomic mass is 10.2. The first-order valence-corrected chi connectivity index (χ1v) is 2.99. The van der Waals surface area contributed by atoms with Crippen LogP contribution in [0.1, 0.15) is 5.56 Å². The molecule has 53 valence electrons. The Balaban J connectivity index is 3.07. The number of hydrogen-bond donors (Lipinski definition) is 1. The van der Waals surface area contributed by atoms with Crippen molar-refractivity contribution in [1.82, 2.24) is 0 Å². The second kappa shape index (κ2) is 2.60. The summed E-state index contributed by atoms with van der Waals surface area (Å²) < 4.78 is 4.96. The van der Waals surface area contributed by atoms with Crippen LogP contribution >= 0.6 is 0 Å². The molecule has 0 saturated heterocycles. The first kappa shape index (κ1) is 6.93. The van der Waals surface area contributed by atoms with Gasteiger partial charge in [-0.3, -0.25) is 0 Å². The molecule has 0 spiro atoms. The maximum atomic E-state index is 8.92. The van der Waals surface area contributed by atoms with Crippen LogP contribution in [0.15, 0.2) is 12.1 Å². The van der Waals surface area contributed by atoms with E-state index >= 15 is 0 Å². The highest BCUT2D eigenvalue weighted by molar-refractivity contribution is 5.37. The van der Waals surface area contributed by atoms with Crippen LogP contribution in [0.2, 0.25) is 0 Å². The largest absolute Gasteiger partial charge is 0.507 e. The highest BCUT2D eigenvalue weighted by atomic mass is 16.5. The summed E-state index contributed by atoms with van der Waals surface area (Å²) in [7, 11) is 1.59. The fourth-order valence-electron chi connectivity index (χ4n) is 0.791. The maximum Gasteiger partial charge on any atom is 0.124 e. The number of hydrogen-bond acceptors (Lipinski definition) is 2. The van der Waals surface area contributed by atoms with E-state index in [-0.39, 0.29) is 5.75 Å². The van der Waals surface area contributed by atoms with Gasteiger partial charge in [0, 0.05) is 6.07 Å². The van der Waals surface area contributed by atoms with E-state index in [4.69, 9.17) is 9.84 Å². The van der Waals surface area contributed by atoms with E-state index in [2.05, 4.69) is 6.07 Å². The van der Waals surface area contributed by atoms with Crippen LogP contribution in [0, 0.1) is 13.0 Å². The molecule has 0 atom stereocenters. The van der Waals surface area contributed by atoms with Crippen molar-refractivity contribution in [1.29, 1.82) is 0 Å². The number of ether oxygens (including phenoxy) is 1. The van der Waals surface area contributed by atoms with E-state index in [1.54, 1.807) is 19.2 Å². The van der Waals surface area contributed by atoms with Crippen LogP contribution in [0.5, 0.6) is 11.5 Å². The molecule has 1 radical (unpaired) electrons. The van der Waals surface area contributed by atoms with Gasteiger partial charge in [0.2, 0.25) is 0 Å². The monoisotopic (exact) mass is 137 g/mol. The first-order chi connectivity index (χ1) is 4.74. The number of aromatic hydroxyl groups is 1. The minimum atomic E-state index is 0.151. The second-order valence-electron chi connectivity index (χ2n) is 2.07. The second-order valence-corrected chi connectivity index (χ2v) is 2.07. The number of aryl methyl sites for hydroxylation is 1. The molecule has 0 fully saturated rings. The topological polar surface area (TPSA) is 29.5 Å². The predicted octanol–water partition coefficient (Wildman–Crippen LogP) is 1.51. The molecule has 1 rings (SSSR count). The normalized spacial score (nSPS) is 9.40. The Morgan fingerprint density at radius 2 is 2.30 bits per heavy atom. The molecular formula is C8H9O2. The summed E-state index contributed by atoms with van der Waals surface area (Å²) in [5.74, 6) is 0.899. The number of phenols is 1. The van der Waals surface area contributed by atoms with Crippen LogP contribution in [0.4, 0.5) is 0 Å². The van der Waals surface area contributed by atoms with E-state index < -0.39 is 0 Å². The van der Waals surface area contributed by atoms with E-state index in [9.17, 15) is 0 Å². The molecule has 1 aromatic rings. The van der Waals surface area contributed by atoms with E-state index in [1.807, 2.05) is 6.92 Å². The van der Waals surface area contributed by atoms with Crippen molar-refractivity contribution in [3.8, 4) is 11.5 Å². The summed E-state index contributed by atoms with van der Waals surface area (Å²) in [6.07, 6.45) is 0. The molecule has 0 heterocycles. The SMILES string of the molecule is COc1c[c]c(O)cc1C. The summed E-state index contributed by atoms with van der Waals surface area (Å²) in [5, 5.41) is 8.92. The zero-order chi connectivity index (χ0) is 7.56. The number of rotatable bonds is 1. The molecule has 0 unspecified atom stereocenters. The minimum absolute atomic E-state index is 0.151. The summed E-state index contributed by atoms with van der Waals surface area (Å²) in [5.41, 5.74) is 0.916. The lowest BCUT2D eigenvalue weighted by molar-refractivity contribution is 0.408. The summed E-state index contributed by atoms with van der Waals surface area (Å²) in [6.45, 7) is 1.87. The van der Waals surface area contributed by atoms with Gasteiger partial charge in [0.1, 0.15) is 11.5 Å². The van der Waals surface area contributed by atoms with Crippen LogP contribution in [0.25, 0.3) is 0 Å². The van der Waals surface area contributed by atoms with Crippen LogP contribution < -0.4 is 4.74 Å². The van der Waals surface area contributed by atoms with Crippen molar-refractivity contribution in [3.05, 3.63) is 23.8 Å². The zero-order valence-electron chi connectivity index (χ0n) is 6.01. The number of benzene rings is 1. The van der Waals surface area contributed by atoms with Gasteiger partial charge in [-0.1, -0.05) is 0 Å². The van der Waals surface area contributed by atoms with Gasteiger partial charge in [-0.25, -0.2) is 0 Å². The molecule has 1 N–H and O–H groups in total. The Hall–Kier alpha value is -1.18. The summed E-state index contributed by atoms with van der Waals surface area (Å²) >= 11 is 0. The summed E-state index contributed by atoms with van der Waals surface area (Å²) in [6, 6.07) is 5.85. The van der Waals surface area contributed by atoms with Gasteiger partial charge in [-0.05, 0) is 24.6 Å². The van der Waals surface area contributed by atoms with Gasteiger partial charge < -0.3 is 9.84 Å². The fourth-order valence-corrected chi connectivity index (χ4v) is 0.791. The standard InChI is InChI=1S/C8H9O2/c1-6-5-7(9)3-4-8(6)10-2/h4-5,9H,1-2H3. The zero-order valence-corrected chi connectivity index (χ0v) is 6.01. The lowest BCUT2D eigenvalue weighted by Crippen LogP contribution is -1.85. The van der Waals surface area contributed by atoms with Gasteiger partial charge in [0.15, 0.2) is 0 Å². The van der Waals surface area contributed by atoms with Gasteiger partial charge in [0.05, 0.1) is 7.11 Å². The Bertz CT molecular complexity index is 231. The predicted molar refractivity (Wildman–Crippen MR) is 38.2 cm³/mol. The third kappa shape index (κ3) is 1.21. The minimum Gasteiger partial charge on any atom is -0.507 e. The van der Waals surface area contributed by atoms with Gasteiger partial charge >= 0.3 is 0 Å². The van der Waals surface area contributed by atoms with Crippen LogP contribution in [0.3, 0.4) is 0 Å². The molecule has 2 nitrogen and oxygen atoms in total. The molecule has 1 aromatic carbocycles. The molecule has 0 aliphatic rings. The van der Waals surface area contributed by atoms with Crippen molar-refractivity contribution < 1.29 is 9.84 Å². The van der Waals surface area contributed by atoms with Crippen molar-refractivity contribution >= 4 is 0 Å². The molecule has 0 bridgehead atoms. The van der Waals surface area contributed by atoms with E-state index in [1.165, 1.54) is 0 Å². The van der Waals surface area contributed by atoms with E-state index in [0.717, 1.165) is 11.3 Å². The quantitative estimate of drug-likeness (QED) is 0.635. The average molecular weight is 137 g/mol. The van der Waals surface area contributed by atoms with Crippen LogP contribution in [-0.4, -0.2) is 12.2 Å². The Morgan fingerprint density at radius 1 is 1.60 bits per heavy atom. The van der Waals surface area contributed by atoms with E-state index in [0.29, 0.717) is 0 Å². The van der Waals surface area contributed by atoms with Crippen LogP contribution in [-0.2, 0) is 0 Å². The Kier molecular flexibility index (Phi) is 1.81. The third-order valence-corrected chi connectivity index (χ3v) is 1.31. The number of methoxy groups -OCH3 is 1. The molecular weight excluding hydrogens is 128 g/mol. The lowest BCUT2D eigenvalue weighted by Gasteiger charge is -2.02. The molecule has 0 aliphatic heterocycles. The smallest absolute Gasteiger partial charge is 0.124 e. The van der Waals surface area contributed by atoms with Gasteiger partial charge in [-0.15, -0.1) is 0 Å². The third-order valence-electron chi connectivity index (χ3n) is 1.31. The van der Waals surface area contributed by atoms with Crippen molar-refractivity contribution in [2.24, 2.45) is 0 Å². The first-order valence-electron chi connectivity index (χ1n) is 2.99. The van der Waals surface area contributed by atoms with Crippen molar-refractivity contribution in [2.45, 2.75) is 6.92 Å². The molecule has 0 aliphatic carbocycles. The summed E-state index contributed by atoms with van der Waals surface area (Å²) in [4.78, 5) is 0. The fraction of sp³-hybridized carbons (Fsp3) is 0.250. The molecule has 0 aromatic heterocycles. The molecule has 0 saturated carbocycles. The Labute approximate surface area is 60.1 Å². The van der Waals surface area contributed by atoms with Gasteiger partial charge in [0.25, 0.3) is 0 Å². The molecule has 2 heteroatoms. The maximum absolute atomic E-state index is 8.92.